The zero-order valence-electron chi connectivity index (χ0n) is 49.9. The molecule has 1 atom stereocenters. The number of hydrogen-bond donors (Lipinski definition) is 0. The van der Waals surface area contributed by atoms with E-state index in [4.69, 9.17) is 42.1 Å². The molecule has 1 unspecified atom stereocenters. The Morgan fingerprint density at radius 1 is 0.410 bits per heavy atom. The SMILES string of the molecule is CCOC(=O)C1CC=C(c2ccc(B3OC(C)(C)C(C)(C)O3)cc2)CC1.CCOC(=O)C1CCC(c2ccc(B3OC(C)(C)C(C)(C)O3)cc2)CC1.CCOC(=O)C1CCC(c2ccc(B3OC(C)(C)C(C)(C)O3)cc2)CC1. The number of esters is 3. The van der Waals surface area contributed by atoms with Crippen molar-refractivity contribution in [2.24, 2.45) is 17.8 Å². The summed E-state index contributed by atoms with van der Waals surface area (Å²) in [7, 11) is -0.954. The van der Waals surface area contributed by atoms with Crippen LogP contribution in [0.4, 0.5) is 0 Å². The molecule has 0 aromatic heterocycles. The molecule has 0 amide bonds. The van der Waals surface area contributed by atoms with Gasteiger partial charge in [-0.1, -0.05) is 78.9 Å². The van der Waals surface area contributed by atoms with Gasteiger partial charge in [0.15, 0.2) is 0 Å². The second kappa shape index (κ2) is 25.3. The highest BCUT2D eigenvalue weighted by Crippen LogP contribution is 2.41. The fourth-order valence-corrected chi connectivity index (χ4v) is 11.1. The Kier molecular flexibility index (Phi) is 19.9. The van der Waals surface area contributed by atoms with E-state index in [1.807, 2.05) is 20.8 Å². The summed E-state index contributed by atoms with van der Waals surface area (Å²) in [4.78, 5) is 35.6. The third-order valence-electron chi connectivity index (χ3n) is 18.4. The van der Waals surface area contributed by atoms with Crippen molar-refractivity contribution in [1.29, 1.82) is 0 Å². The van der Waals surface area contributed by atoms with Crippen LogP contribution >= 0.6 is 0 Å². The second-order valence-electron chi connectivity index (χ2n) is 25.3. The lowest BCUT2D eigenvalue weighted by atomic mass is 9.75. The first kappa shape index (κ1) is 61.4. The smallest absolute Gasteiger partial charge is 0.466 e. The molecule has 78 heavy (non-hydrogen) atoms. The van der Waals surface area contributed by atoms with Crippen LogP contribution in [0.2, 0.25) is 0 Å². The molecule has 5 fully saturated rings. The normalized spacial score (nSPS) is 26.3. The van der Waals surface area contributed by atoms with Crippen molar-refractivity contribution in [2.45, 2.75) is 220 Å². The highest BCUT2D eigenvalue weighted by molar-refractivity contribution is 6.63. The van der Waals surface area contributed by atoms with Crippen molar-refractivity contribution < 1.29 is 56.5 Å². The van der Waals surface area contributed by atoms with Crippen LogP contribution in [0.3, 0.4) is 0 Å². The van der Waals surface area contributed by atoms with E-state index in [2.05, 4.69) is 162 Å². The molecular weight excluding hydrogens is 981 g/mol. The molecule has 3 heterocycles. The molecule has 0 radical (unpaired) electrons. The lowest BCUT2D eigenvalue weighted by molar-refractivity contribution is -0.150. The van der Waals surface area contributed by atoms with Crippen LogP contribution in [0, 0.1) is 17.8 Å². The van der Waals surface area contributed by atoms with E-state index in [-0.39, 0.29) is 90.6 Å². The molecule has 2 saturated carbocycles. The minimum atomic E-state index is -0.331. The maximum atomic E-state index is 11.9. The zero-order chi connectivity index (χ0) is 56.8. The molecule has 3 aromatic rings. The summed E-state index contributed by atoms with van der Waals surface area (Å²) in [6.45, 7) is 31.8. The van der Waals surface area contributed by atoms with Crippen molar-refractivity contribution in [1.82, 2.24) is 0 Å². The summed E-state index contributed by atoms with van der Waals surface area (Å²) in [5.74, 6) is 1.08. The number of ether oxygens (including phenoxy) is 3. The van der Waals surface area contributed by atoms with Crippen molar-refractivity contribution >= 4 is 61.2 Å². The van der Waals surface area contributed by atoms with Gasteiger partial charge in [-0.2, -0.15) is 0 Å². The van der Waals surface area contributed by atoms with E-state index >= 15 is 0 Å². The fraction of sp³-hybridized carbons (Fsp3) is 0.635. The molecule has 3 aliphatic carbocycles. The van der Waals surface area contributed by atoms with Crippen LogP contribution in [0.1, 0.15) is 203 Å². The topological polar surface area (TPSA) is 134 Å². The average molecular weight is 1070 g/mol. The van der Waals surface area contributed by atoms with Gasteiger partial charge in [0.1, 0.15) is 0 Å². The monoisotopic (exact) mass is 1070 g/mol. The summed E-state index contributed by atoms with van der Waals surface area (Å²) in [5, 5.41) is 0. The maximum absolute atomic E-state index is 11.9. The first-order valence-corrected chi connectivity index (χ1v) is 29.3. The Hall–Kier alpha value is -4.24. The summed E-state index contributed by atoms with van der Waals surface area (Å²) in [6.07, 6.45) is 12.5. The van der Waals surface area contributed by atoms with Gasteiger partial charge < -0.3 is 42.1 Å². The first-order valence-electron chi connectivity index (χ1n) is 29.3. The standard InChI is InChI=1S/2C21H31BO4.C21H29BO4/c3*1-6-24-19(23)17-9-7-15(8-10-17)16-11-13-18(14-12-16)22-25-20(2,3)21(4,5)26-22/h2*11-15,17H,6-10H2,1-5H3;7,11-14,17H,6,8-10H2,1-5H3. The molecule has 0 bridgehead atoms. The number of allylic oxidation sites excluding steroid dienone is 2. The maximum Gasteiger partial charge on any atom is 0.494 e. The van der Waals surface area contributed by atoms with Gasteiger partial charge in [-0.3, -0.25) is 14.4 Å². The van der Waals surface area contributed by atoms with E-state index in [1.54, 1.807) is 0 Å². The van der Waals surface area contributed by atoms with E-state index < -0.39 is 0 Å². The Morgan fingerprint density at radius 3 is 0.962 bits per heavy atom. The summed E-state index contributed by atoms with van der Waals surface area (Å²) >= 11 is 0. The molecule has 3 aliphatic heterocycles. The third kappa shape index (κ3) is 14.4. The number of carbonyl (C=O) groups is 3. The van der Waals surface area contributed by atoms with Gasteiger partial charge in [0.05, 0.1) is 71.2 Å². The van der Waals surface area contributed by atoms with Crippen LogP contribution in [-0.2, 0) is 56.5 Å². The lowest BCUT2D eigenvalue weighted by Crippen LogP contribution is -2.41. The van der Waals surface area contributed by atoms with E-state index in [0.717, 1.165) is 87.0 Å². The van der Waals surface area contributed by atoms with Crippen molar-refractivity contribution in [2.75, 3.05) is 19.8 Å². The number of carbonyl (C=O) groups excluding carboxylic acids is 3. The second-order valence-corrected chi connectivity index (χ2v) is 25.3. The third-order valence-corrected chi connectivity index (χ3v) is 18.4. The van der Waals surface area contributed by atoms with Crippen LogP contribution in [0.5, 0.6) is 0 Å². The summed E-state index contributed by atoms with van der Waals surface area (Å²) < 4.78 is 52.2. The average Bonchev–Trinajstić information content (AvgIpc) is 3.88. The lowest BCUT2D eigenvalue weighted by Gasteiger charge is -2.32. The highest BCUT2D eigenvalue weighted by Gasteiger charge is 2.54. The van der Waals surface area contributed by atoms with Gasteiger partial charge in [0.25, 0.3) is 0 Å². The molecule has 0 spiro atoms. The van der Waals surface area contributed by atoms with Crippen LogP contribution in [0.15, 0.2) is 78.9 Å². The Bertz CT molecular complexity index is 2340. The van der Waals surface area contributed by atoms with Crippen LogP contribution < -0.4 is 16.4 Å². The summed E-state index contributed by atoms with van der Waals surface area (Å²) in [6, 6.07) is 25.6. The minimum Gasteiger partial charge on any atom is -0.466 e. The predicted octanol–water partition coefficient (Wildman–Crippen LogP) is 11.4. The molecule has 3 saturated heterocycles. The van der Waals surface area contributed by atoms with Gasteiger partial charge in [-0.25, -0.2) is 0 Å². The Balaban J connectivity index is 0.000000170. The van der Waals surface area contributed by atoms with Gasteiger partial charge in [0.2, 0.25) is 0 Å². The van der Waals surface area contributed by atoms with Gasteiger partial charge in [-0.15, -0.1) is 0 Å². The molecule has 0 N–H and O–H groups in total. The molecule has 15 heteroatoms. The summed E-state index contributed by atoms with van der Waals surface area (Å²) in [5.41, 5.74) is 6.41. The number of benzene rings is 3. The van der Waals surface area contributed by atoms with Crippen LogP contribution in [0.25, 0.3) is 5.57 Å². The largest absolute Gasteiger partial charge is 0.494 e. The van der Waals surface area contributed by atoms with Crippen molar-refractivity contribution in [3.05, 3.63) is 95.6 Å². The van der Waals surface area contributed by atoms with E-state index in [0.29, 0.717) is 31.7 Å². The molecule has 12 nitrogen and oxygen atoms in total. The van der Waals surface area contributed by atoms with Gasteiger partial charge in [0, 0.05) is 0 Å². The first-order chi connectivity index (χ1) is 36.7. The van der Waals surface area contributed by atoms with Crippen molar-refractivity contribution in [3.63, 3.8) is 0 Å². The Labute approximate surface area is 468 Å². The van der Waals surface area contributed by atoms with Gasteiger partial charge in [-0.05, 0) is 225 Å². The van der Waals surface area contributed by atoms with E-state index in [9.17, 15) is 14.4 Å². The highest BCUT2D eigenvalue weighted by atomic mass is 16.7. The van der Waals surface area contributed by atoms with Crippen LogP contribution in [-0.4, -0.2) is 92.7 Å². The number of hydrogen-bond acceptors (Lipinski definition) is 12. The quantitative estimate of drug-likeness (QED) is 0.0971. The molecule has 424 valence electrons. The number of rotatable bonds is 12. The molecule has 6 aliphatic rings. The molecular formula is C63H91B3O12. The Morgan fingerprint density at radius 2 is 0.692 bits per heavy atom. The zero-order valence-corrected chi connectivity index (χ0v) is 49.9. The fourth-order valence-electron chi connectivity index (χ4n) is 11.1. The predicted molar refractivity (Wildman–Crippen MR) is 311 cm³/mol. The minimum absolute atomic E-state index is 0.00252. The van der Waals surface area contributed by atoms with Gasteiger partial charge >= 0.3 is 39.3 Å². The molecule has 9 rings (SSSR count). The molecule has 3 aromatic carbocycles. The van der Waals surface area contributed by atoms with Crippen molar-refractivity contribution in [3.8, 4) is 0 Å². The van der Waals surface area contributed by atoms with E-state index in [1.165, 1.54) is 22.3 Å².